The average molecular weight is 306 g/mol. The molecule has 3 heterocycles. The van der Waals surface area contributed by atoms with E-state index in [1.165, 1.54) is 0 Å². The minimum absolute atomic E-state index is 0.179. The summed E-state index contributed by atoms with van der Waals surface area (Å²) >= 11 is 0. The highest BCUT2D eigenvalue weighted by atomic mass is 15.7. The Morgan fingerprint density at radius 2 is 2.00 bits per heavy atom. The van der Waals surface area contributed by atoms with Gasteiger partial charge >= 0.3 is 0 Å². The van der Waals surface area contributed by atoms with E-state index in [-0.39, 0.29) is 4.59 Å². The van der Waals surface area contributed by atoms with E-state index >= 15 is 0 Å². The van der Waals surface area contributed by atoms with E-state index in [1.54, 1.807) is 17.1 Å². The number of hydrogen-bond acceptors (Lipinski definition) is 5. The van der Waals surface area contributed by atoms with E-state index in [0.29, 0.717) is 5.96 Å². The van der Waals surface area contributed by atoms with E-state index < -0.39 is 0 Å². The van der Waals surface area contributed by atoms with Crippen LogP contribution in [0.3, 0.4) is 0 Å². The predicted octanol–water partition coefficient (Wildman–Crippen LogP) is 2.39. The second-order valence-corrected chi connectivity index (χ2v) is 5.41. The third-order valence-corrected chi connectivity index (χ3v) is 3.88. The number of anilines is 1. The number of aromatic nitrogens is 2. The zero-order chi connectivity index (χ0) is 15.9. The summed E-state index contributed by atoms with van der Waals surface area (Å²) in [4.78, 5) is 8.75. The largest absolute Gasteiger partial charge is 0.303 e. The van der Waals surface area contributed by atoms with Gasteiger partial charge in [-0.15, -0.1) is 0 Å². The van der Waals surface area contributed by atoms with Gasteiger partial charge in [-0.05, 0) is 12.0 Å². The number of fused-ring (bicyclic) bond motifs is 1. The SMILES string of the molecule is Cc1cc(NC2=N[N+]3(c4ccccc4)C=CN=CC3=N2)nn1C. The van der Waals surface area contributed by atoms with E-state index in [2.05, 4.69) is 20.4 Å². The van der Waals surface area contributed by atoms with Gasteiger partial charge in [0.2, 0.25) is 0 Å². The number of benzene rings is 1. The van der Waals surface area contributed by atoms with Crippen molar-refractivity contribution in [2.45, 2.75) is 6.92 Å². The molecule has 7 nitrogen and oxygen atoms in total. The minimum Gasteiger partial charge on any atom is -0.303 e. The Labute approximate surface area is 133 Å². The van der Waals surface area contributed by atoms with Gasteiger partial charge in [0.1, 0.15) is 6.21 Å². The molecule has 1 aromatic carbocycles. The fraction of sp³-hybridized carbons (Fsp3) is 0.125. The number of para-hydroxylation sites is 1. The molecule has 0 spiro atoms. The maximum atomic E-state index is 4.76. The zero-order valence-electron chi connectivity index (χ0n) is 12.9. The van der Waals surface area contributed by atoms with Gasteiger partial charge in [-0.3, -0.25) is 9.67 Å². The summed E-state index contributed by atoms with van der Waals surface area (Å²) in [7, 11) is 1.90. The Morgan fingerprint density at radius 3 is 2.74 bits per heavy atom. The average Bonchev–Trinajstić information content (AvgIpc) is 3.09. The van der Waals surface area contributed by atoms with Crippen molar-refractivity contribution in [3.05, 3.63) is 54.5 Å². The molecule has 0 aliphatic carbocycles. The quantitative estimate of drug-likeness (QED) is 0.866. The maximum Gasteiger partial charge on any atom is 0.288 e. The van der Waals surface area contributed by atoms with Crippen LogP contribution in [0.15, 0.2) is 63.9 Å². The first kappa shape index (κ1) is 13.6. The first-order valence-electron chi connectivity index (χ1n) is 7.30. The molecular weight excluding hydrogens is 290 g/mol. The molecule has 1 unspecified atom stereocenters. The molecule has 2 aliphatic heterocycles. The normalized spacial score (nSPS) is 21.8. The Morgan fingerprint density at radius 1 is 1.17 bits per heavy atom. The molecule has 0 radical (unpaired) electrons. The number of hydrogen-bond donors (Lipinski definition) is 1. The van der Waals surface area contributed by atoms with Gasteiger partial charge in [-0.2, -0.15) is 10.1 Å². The molecule has 0 saturated carbocycles. The van der Waals surface area contributed by atoms with Crippen molar-refractivity contribution < 1.29 is 0 Å². The van der Waals surface area contributed by atoms with Gasteiger partial charge in [0.05, 0.1) is 6.20 Å². The Balaban J connectivity index is 1.74. The molecule has 0 saturated heterocycles. The molecule has 7 heteroatoms. The molecular formula is C16H16N7+. The number of amidine groups is 1. The summed E-state index contributed by atoms with van der Waals surface area (Å²) < 4.78 is 1.99. The number of nitrogens with zero attached hydrogens (tertiary/aromatic N) is 6. The summed E-state index contributed by atoms with van der Waals surface area (Å²) in [5, 5.41) is 12.3. The van der Waals surface area contributed by atoms with Crippen molar-refractivity contribution in [2.24, 2.45) is 22.1 Å². The maximum absolute atomic E-state index is 4.76. The predicted molar refractivity (Wildman–Crippen MR) is 92.3 cm³/mol. The van der Waals surface area contributed by atoms with Gasteiger partial charge in [0.25, 0.3) is 11.8 Å². The van der Waals surface area contributed by atoms with Gasteiger partial charge in [0.15, 0.2) is 17.7 Å². The highest BCUT2D eigenvalue weighted by Gasteiger charge is 2.42. The van der Waals surface area contributed by atoms with Crippen molar-refractivity contribution in [3.8, 4) is 0 Å². The summed E-state index contributed by atoms with van der Waals surface area (Å²) in [6.07, 6.45) is 5.38. The standard InChI is InChI=1S/C16H16N7/c1-12-10-14(20-22(12)2)18-16-19-15-11-17-8-9-23(15,21-16)13-6-4-3-5-7-13/h3-11H,1-2H3,(H,18,20,21)/q+1. The van der Waals surface area contributed by atoms with Crippen LogP contribution >= 0.6 is 0 Å². The molecule has 1 N–H and O–H groups in total. The van der Waals surface area contributed by atoms with Crippen LogP contribution < -0.4 is 9.91 Å². The molecule has 23 heavy (non-hydrogen) atoms. The topological polar surface area (TPSA) is 66.9 Å². The van der Waals surface area contributed by atoms with Crippen LogP contribution in [0.1, 0.15) is 5.69 Å². The summed E-state index contributed by atoms with van der Waals surface area (Å²) in [5.41, 5.74) is 2.06. The third-order valence-electron chi connectivity index (χ3n) is 3.88. The van der Waals surface area contributed by atoms with Gasteiger partial charge < -0.3 is 5.32 Å². The smallest absolute Gasteiger partial charge is 0.288 e. The third kappa shape index (κ3) is 2.18. The summed E-state index contributed by atoms with van der Waals surface area (Å²) in [6, 6.07) is 12.0. The van der Waals surface area contributed by atoms with Crippen LogP contribution in [0.25, 0.3) is 0 Å². The molecule has 114 valence electrons. The van der Waals surface area contributed by atoms with Crippen molar-refractivity contribution in [1.29, 1.82) is 0 Å². The monoisotopic (exact) mass is 306 g/mol. The van der Waals surface area contributed by atoms with Crippen LogP contribution in [0.2, 0.25) is 0 Å². The zero-order valence-corrected chi connectivity index (χ0v) is 12.9. The molecule has 1 atom stereocenters. The van der Waals surface area contributed by atoms with Crippen molar-refractivity contribution in [3.63, 3.8) is 0 Å². The Kier molecular flexibility index (Phi) is 2.95. The second kappa shape index (κ2) is 4.99. The van der Waals surface area contributed by atoms with E-state index in [9.17, 15) is 0 Å². The summed E-state index contributed by atoms with van der Waals surface area (Å²) in [5.74, 6) is 1.98. The lowest BCUT2D eigenvalue weighted by atomic mass is 10.2. The fourth-order valence-electron chi connectivity index (χ4n) is 2.60. The van der Waals surface area contributed by atoms with Crippen LogP contribution in [0.5, 0.6) is 0 Å². The molecule has 0 bridgehead atoms. The number of aryl methyl sites for hydroxylation is 2. The van der Waals surface area contributed by atoms with Crippen LogP contribution in [0, 0.1) is 6.92 Å². The number of rotatable bonds is 2. The van der Waals surface area contributed by atoms with Crippen LogP contribution in [0.4, 0.5) is 11.5 Å². The van der Waals surface area contributed by atoms with E-state index in [4.69, 9.17) is 5.10 Å². The molecule has 0 amide bonds. The van der Waals surface area contributed by atoms with Crippen LogP contribution in [-0.4, -0.2) is 27.8 Å². The molecule has 4 rings (SSSR count). The Hall–Kier alpha value is -3.06. The molecule has 1 aromatic heterocycles. The number of guanidine groups is 1. The van der Waals surface area contributed by atoms with E-state index in [1.807, 2.05) is 56.6 Å². The fourth-order valence-corrected chi connectivity index (χ4v) is 2.60. The number of quaternary nitrogens is 1. The highest BCUT2D eigenvalue weighted by molar-refractivity contribution is 6.38. The van der Waals surface area contributed by atoms with Gasteiger partial charge in [0, 0.05) is 30.9 Å². The number of nitrogens with one attached hydrogen (secondary N) is 1. The minimum atomic E-state index is 0.179. The number of aliphatic imine (C=N–C) groups is 2. The lowest BCUT2D eigenvalue weighted by molar-refractivity contribution is 0.592. The molecule has 0 fully saturated rings. The lowest BCUT2D eigenvalue weighted by Gasteiger charge is -2.23. The van der Waals surface area contributed by atoms with Crippen LogP contribution in [-0.2, 0) is 7.05 Å². The van der Waals surface area contributed by atoms with Crippen molar-refractivity contribution in [2.75, 3.05) is 5.32 Å². The highest BCUT2D eigenvalue weighted by Crippen LogP contribution is 2.30. The van der Waals surface area contributed by atoms with Gasteiger partial charge in [-0.1, -0.05) is 22.8 Å². The molecule has 2 aromatic rings. The second-order valence-electron chi connectivity index (χ2n) is 5.41. The first-order chi connectivity index (χ1) is 11.2. The van der Waals surface area contributed by atoms with E-state index in [0.717, 1.165) is 23.0 Å². The van der Waals surface area contributed by atoms with Gasteiger partial charge in [-0.25, -0.2) is 0 Å². The summed E-state index contributed by atoms with van der Waals surface area (Å²) in [6.45, 7) is 2.00. The molecule has 2 aliphatic rings. The van der Waals surface area contributed by atoms with Crippen molar-refractivity contribution in [1.82, 2.24) is 14.4 Å². The lowest BCUT2D eigenvalue weighted by Crippen LogP contribution is -2.44. The first-order valence-corrected chi connectivity index (χ1v) is 7.30. The van der Waals surface area contributed by atoms with Crippen molar-refractivity contribution >= 4 is 29.5 Å². The Bertz CT molecular complexity index is 854.